The van der Waals surface area contributed by atoms with Gasteiger partial charge in [0.1, 0.15) is 6.04 Å². The highest BCUT2D eigenvalue weighted by atomic mass is 16.2. The summed E-state index contributed by atoms with van der Waals surface area (Å²) in [7, 11) is 0. The predicted molar refractivity (Wildman–Crippen MR) is 79.2 cm³/mol. The van der Waals surface area contributed by atoms with Crippen molar-refractivity contribution in [1.82, 2.24) is 9.80 Å². The minimum Gasteiger partial charge on any atom is -0.339 e. The first-order valence-electron chi connectivity index (χ1n) is 7.59. The zero-order chi connectivity index (χ0) is 13.9. The monoisotopic (exact) mass is 273 g/mol. The molecule has 2 heterocycles. The van der Waals surface area contributed by atoms with Crippen molar-refractivity contribution in [3.63, 3.8) is 0 Å². The van der Waals surface area contributed by atoms with Gasteiger partial charge in [-0.2, -0.15) is 0 Å². The number of carbonyl (C=O) groups is 1. The zero-order valence-corrected chi connectivity index (χ0v) is 11.9. The van der Waals surface area contributed by atoms with E-state index in [1.807, 2.05) is 35.2 Å². The van der Waals surface area contributed by atoms with Gasteiger partial charge in [-0.1, -0.05) is 30.3 Å². The molecular weight excluding hydrogens is 250 g/mol. The van der Waals surface area contributed by atoms with Crippen molar-refractivity contribution in [3.05, 3.63) is 35.9 Å². The largest absolute Gasteiger partial charge is 0.339 e. The summed E-state index contributed by atoms with van der Waals surface area (Å²) >= 11 is 0. The van der Waals surface area contributed by atoms with Gasteiger partial charge in [0.2, 0.25) is 5.91 Å². The van der Waals surface area contributed by atoms with Crippen LogP contribution in [0.2, 0.25) is 0 Å². The molecule has 2 aliphatic rings. The second kappa shape index (κ2) is 5.94. The lowest BCUT2D eigenvalue weighted by molar-refractivity contribution is -0.131. The summed E-state index contributed by atoms with van der Waals surface area (Å²) in [5, 5.41) is 0. The van der Waals surface area contributed by atoms with Crippen LogP contribution in [0.15, 0.2) is 30.3 Å². The molecule has 0 spiro atoms. The summed E-state index contributed by atoms with van der Waals surface area (Å²) < 4.78 is 0. The number of benzene rings is 1. The van der Waals surface area contributed by atoms with E-state index < -0.39 is 6.04 Å². The summed E-state index contributed by atoms with van der Waals surface area (Å²) in [5.41, 5.74) is 7.02. The van der Waals surface area contributed by atoms with Crippen molar-refractivity contribution in [2.24, 2.45) is 5.73 Å². The van der Waals surface area contributed by atoms with Crippen LogP contribution in [0, 0.1) is 0 Å². The van der Waals surface area contributed by atoms with Crippen molar-refractivity contribution in [2.45, 2.75) is 31.3 Å². The number of likely N-dealkylation sites (tertiary alicyclic amines) is 2. The number of carbonyl (C=O) groups excluding carboxylic acids is 1. The van der Waals surface area contributed by atoms with Crippen LogP contribution in [0.4, 0.5) is 0 Å². The van der Waals surface area contributed by atoms with Crippen molar-refractivity contribution in [2.75, 3.05) is 26.2 Å². The summed E-state index contributed by atoms with van der Waals surface area (Å²) in [4.78, 5) is 17.0. The highest BCUT2D eigenvalue weighted by Gasteiger charge is 2.33. The number of nitrogens with two attached hydrogens (primary N) is 1. The molecular formula is C16H23N3O. The molecule has 2 fully saturated rings. The van der Waals surface area contributed by atoms with E-state index in [1.54, 1.807) is 0 Å². The smallest absolute Gasteiger partial charge is 0.244 e. The highest BCUT2D eigenvalue weighted by Crippen LogP contribution is 2.23. The average molecular weight is 273 g/mol. The molecule has 4 nitrogen and oxygen atoms in total. The molecule has 2 atom stereocenters. The van der Waals surface area contributed by atoms with Crippen molar-refractivity contribution in [3.8, 4) is 0 Å². The van der Waals surface area contributed by atoms with Crippen LogP contribution in [0.3, 0.4) is 0 Å². The first kappa shape index (κ1) is 13.6. The second-order valence-corrected chi connectivity index (χ2v) is 5.86. The first-order valence-corrected chi connectivity index (χ1v) is 7.59. The topological polar surface area (TPSA) is 49.6 Å². The van der Waals surface area contributed by atoms with Gasteiger partial charge >= 0.3 is 0 Å². The van der Waals surface area contributed by atoms with Crippen LogP contribution < -0.4 is 5.73 Å². The third-order valence-corrected chi connectivity index (χ3v) is 4.56. The maximum absolute atomic E-state index is 12.5. The second-order valence-electron chi connectivity index (χ2n) is 5.86. The van der Waals surface area contributed by atoms with Gasteiger partial charge in [0.05, 0.1) is 0 Å². The fraction of sp³-hybridized carbons (Fsp3) is 0.562. The number of hydrogen-bond donors (Lipinski definition) is 1. The Balaban J connectivity index is 1.61. The van der Waals surface area contributed by atoms with Crippen molar-refractivity contribution in [1.29, 1.82) is 0 Å². The van der Waals surface area contributed by atoms with E-state index >= 15 is 0 Å². The Morgan fingerprint density at radius 1 is 1.15 bits per heavy atom. The quantitative estimate of drug-likeness (QED) is 0.905. The van der Waals surface area contributed by atoms with Crippen LogP contribution in [-0.2, 0) is 4.79 Å². The van der Waals surface area contributed by atoms with Crippen LogP contribution in [0.5, 0.6) is 0 Å². The number of nitrogens with zero attached hydrogens (tertiary/aromatic N) is 2. The predicted octanol–water partition coefficient (Wildman–Crippen LogP) is 1.38. The molecule has 1 aromatic rings. The van der Waals surface area contributed by atoms with E-state index in [9.17, 15) is 4.79 Å². The van der Waals surface area contributed by atoms with Gasteiger partial charge < -0.3 is 10.6 Å². The Bertz CT molecular complexity index is 456. The summed E-state index contributed by atoms with van der Waals surface area (Å²) in [5.74, 6) is 0.0675. The van der Waals surface area contributed by atoms with E-state index in [1.165, 1.54) is 25.9 Å². The molecule has 0 bridgehead atoms. The molecule has 2 aliphatic heterocycles. The standard InChI is InChI=1S/C16H23N3O/c17-15(13-6-2-1-3-7-13)16(20)19-11-8-14(12-19)18-9-4-5-10-18/h1-3,6-7,14-15H,4-5,8-12,17H2/t14?,15-/m0/s1. The lowest BCUT2D eigenvalue weighted by atomic mass is 10.1. The molecule has 20 heavy (non-hydrogen) atoms. The van der Waals surface area contributed by atoms with Crippen LogP contribution in [0.25, 0.3) is 0 Å². The molecule has 0 aromatic heterocycles. The molecule has 1 aromatic carbocycles. The van der Waals surface area contributed by atoms with Gasteiger partial charge in [-0.15, -0.1) is 0 Å². The molecule has 4 heteroatoms. The van der Waals surface area contributed by atoms with Gasteiger partial charge in [0, 0.05) is 19.1 Å². The molecule has 0 saturated carbocycles. The van der Waals surface area contributed by atoms with Gasteiger partial charge in [0.15, 0.2) is 0 Å². The Kier molecular flexibility index (Phi) is 4.03. The third kappa shape index (κ3) is 2.72. The highest BCUT2D eigenvalue weighted by molar-refractivity contribution is 5.83. The summed E-state index contributed by atoms with van der Waals surface area (Å²) in [6, 6.07) is 9.68. The number of hydrogen-bond acceptors (Lipinski definition) is 3. The van der Waals surface area contributed by atoms with Crippen LogP contribution >= 0.6 is 0 Å². The molecule has 2 saturated heterocycles. The van der Waals surface area contributed by atoms with Crippen LogP contribution in [0.1, 0.15) is 30.9 Å². The average Bonchev–Trinajstić information content (AvgIpc) is 3.17. The normalized spacial score (nSPS) is 25.1. The molecule has 0 radical (unpaired) electrons. The molecule has 2 N–H and O–H groups in total. The van der Waals surface area contributed by atoms with E-state index in [0.29, 0.717) is 6.04 Å². The lowest BCUT2D eigenvalue weighted by Gasteiger charge is -2.25. The van der Waals surface area contributed by atoms with E-state index in [-0.39, 0.29) is 5.91 Å². The van der Waals surface area contributed by atoms with Gasteiger partial charge in [-0.25, -0.2) is 0 Å². The summed E-state index contributed by atoms with van der Waals surface area (Å²) in [6.07, 6.45) is 3.69. The maximum Gasteiger partial charge on any atom is 0.244 e. The van der Waals surface area contributed by atoms with Gasteiger partial charge in [0.25, 0.3) is 0 Å². The molecule has 0 aliphatic carbocycles. The number of amides is 1. The zero-order valence-electron chi connectivity index (χ0n) is 11.9. The number of rotatable bonds is 3. The van der Waals surface area contributed by atoms with E-state index in [4.69, 9.17) is 5.73 Å². The van der Waals surface area contributed by atoms with E-state index in [0.717, 1.165) is 25.1 Å². The molecule has 1 amide bonds. The Morgan fingerprint density at radius 3 is 2.55 bits per heavy atom. The lowest BCUT2D eigenvalue weighted by Crippen LogP contribution is -2.40. The molecule has 1 unspecified atom stereocenters. The van der Waals surface area contributed by atoms with Gasteiger partial charge in [-0.3, -0.25) is 9.69 Å². The molecule has 3 rings (SSSR count). The third-order valence-electron chi connectivity index (χ3n) is 4.56. The summed E-state index contributed by atoms with van der Waals surface area (Å²) in [6.45, 7) is 4.08. The Hall–Kier alpha value is -1.39. The Morgan fingerprint density at radius 2 is 1.85 bits per heavy atom. The minimum atomic E-state index is -0.520. The van der Waals surface area contributed by atoms with Crippen molar-refractivity contribution >= 4 is 5.91 Å². The van der Waals surface area contributed by atoms with Crippen LogP contribution in [-0.4, -0.2) is 47.9 Å². The first-order chi connectivity index (χ1) is 9.75. The fourth-order valence-electron chi connectivity index (χ4n) is 3.35. The van der Waals surface area contributed by atoms with Gasteiger partial charge in [-0.05, 0) is 37.9 Å². The fourth-order valence-corrected chi connectivity index (χ4v) is 3.35. The SMILES string of the molecule is N[C@H](C(=O)N1CCC(N2CCCC2)C1)c1ccccc1. The molecule has 108 valence electrons. The minimum absolute atomic E-state index is 0.0675. The van der Waals surface area contributed by atoms with E-state index in [2.05, 4.69) is 4.90 Å². The van der Waals surface area contributed by atoms with Crippen molar-refractivity contribution < 1.29 is 4.79 Å². The Labute approximate surface area is 120 Å². The maximum atomic E-state index is 12.5.